The first-order chi connectivity index (χ1) is 17.4. The number of carbonyl (C=O) groups is 1. The van der Waals surface area contributed by atoms with E-state index in [0.717, 1.165) is 46.9 Å². The highest BCUT2D eigenvalue weighted by atomic mass is 16.5. The third-order valence-corrected chi connectivity index (χ3v) is 6.63. The van der Waals surface area contributed by atoms with Crippen LogP contribution >= 0.6 is 0 Å². The largest absolute Gasteiger partial charge is 0.493 e. The maximum absolute atomic E-state index is 12.2. The summed E-state index contributed by atoms with van der Waals surface area (Å²) in [6.07, 6.45) is -0.228. The Bertz CT molecular complexity index is 1420. The maximum atomic E-state index is 12.2. The number of hydrogen-bond donors (Lipinski definition) is 1. The topological polar surface area (TPSA) is 92.4 Å². The number of para-hydroxylation sites is 1. The van der Waals surface area contributed by atoms with E-state index >= 15 is 0 Å². The molecular weight excluding hydrogens is 458 g/mol. The number of fused-ring (bicyclic) bond motifs is 1. The van der Waals surface area contributed by atoms with Crippen molar-refractivity contribution in [3.05, 3.63) is 66.0 Å². The summed E-state index contributed by atoms with van der Waals surface area (Å²) in [7, 11) is 3.23. The van der Waals surface area contributed by atoms with Gasteiger partial charge in [0.1, 0.15) is 0 Å². The van der Waals surface area contributed by atoms with Gasteiger partial charge in [0, 0.05) is 24.3 Å². The maximum Gasteiger partial charge on any atom is 0.412 e. The lowest BCUT2D eigenvalue weighted by molar-refractivity contribution is 0.199. The predicted octanol–water partition coefficient (Wildman–Crippen LogP) is 4.79. The van der Waals surface area contributed by atoms with Crippen LogP contribution in [0.25, 0.3) is 16.9 Å². The summed E-state index contributed by atoms with van der Waals surface area (Å²) < 4.78 is 12.8. The van der Waals surface area contributed by atoms with Crippen LogP contribution in [0.4, 0.5) is 16.2 Å². The summed E-state index contributed by atoms with van der Waals surface area (Å²) in [5.74, 6) is 1.29. The molecule has 0 radical (unpaired) electrons. The Balaban J connectivity index is 1.53. The SMILES string of the molecule is COc1ccc(-c2c(C)nc3c(N4CC[C@@H](N(C(=O)O)c5ccccc5)C4)cc(C)nn23)cc1OC. The molecule has 1 amide bonds. The van der Waals surface area contributed by atoms with Gasteiger partial charge in [-0.3, -0.25) is 4.90 Å². The number of rotatable bonds is 6. The van der Waals surface area contributed by atoms with Crippen LogP contribution < -0.4 is 19.3 Å². The van der Waals surface area contributed by atoms with Crippen molar-refractivity contribution in [2.24, 2.45) is 0 Å². The number of imidazole rings is 1. The van der Waals surface area contributed by atoms with E-state index in [1.165, 1.54) is 4.90 Å². The van der Waals surface area contributed by atoms with Gasteiger partial charge in [-0.2, -0.15) is 5.10 Å². The molecule has 4 aromatic rings. The molecule has 0 bridgehead atoms. The minimum atomic E-state index is -0.948. The van der Waals surface area contributed by atoms with Gasteiger partial charge in [-0.05, 0) is 56.7 Å². The van der Waals surface area contributed by atoms with E-state index in [9.17, 15) is 9.90 Å². The number of methoxy groups -OCH3 is 2. The van der Waals surface area contributed by atoms with Crippen molar-refractivity contribution in [3.8, 4) is 22.8 Å². The van der Waals surface area contributed by atoms with Gasteiger partial charge in [0.15, 0.2) is 17.1 Å². The average molecular weight is 488 g/mol. The molecule has 5 rings (SSSR count). The number of anilines is 2. The van der Waals surface area contributed by atoms with E-state index in [2.05, 4.69) is 4.90 Å². The summed E-state index contributed by atoms with van der Waals surface area (Å²) in [5, 5.41) is 14.8. The van der Waals surface area contributed by atoms with Crippen LogP contribution in [-0.4, -0.2) is 59.1 Å². The fraction of sp³-hybridized carbons (Fsp3) is 0.296. The Kier molecular flexibility index (Phi) is 6.13. The van der Waals surface area contributed by atoms with Gasteiger partial charge in [-0.25, -0.2) is 14.3 Å². The molecule has 1 aliphatic heterocycles. The summed E-state index contributed by atoms with van der Waals surface area (Å²) in [5.41, 5.74) is 5.85. The number of ether oxygens (including phenoxy) is 2. The Morgan fingerprint density at radius 2 is 1.81 bits per heavy atom. The number of amides is 1. The standard InChI is InChI=1S/C27H29N5O4/c1-17-14-22(30-13-12-21(16-30)31(27(33)34)20-8-6-5-7-9-20)26-28-18(2)25(32(26)29-17)19-10-11-23(35-3)24(15-19)36-4/h5-11,14-15,21H,12-13,16H2,1-4H3,(H,33,34)/t21-/m1/s1. The molecule has 3 heterocycles. The average Bonchev–Trinajstić information content (AvgIpc) is 3.48. The normalized spacial score (nSPS) is 15.3. The number of nitrogens with zero attached hydrogens (tertiary/aromatic N) is 5. The van der Waals surface area contributed by atoms with Crippen molar-refractivity contribution in [3.63, 3.8) is 0 Å². The van der Waals surface area contributed by atoms with Crippen LogP contribution in [0.2, 0.25) is 0 Å². The van der Waals surface area contributed by atoms with E-state index in [1.54, 1.807) is 14.2 Å². The Hall–Kier alpha value is -4.27. The van der Waals surface area contributed by atoms with Crippen LogP contribution in [-0.2, 0) is 0 Å². The molecule has 0 unspecified atom stereocenters. The fourth-order valence-corrected chi connectivity index (χ4v) is 5.02. The van der Waals surface area contributed by atoms with E-state index in [1.807, 2.05) is 73.0 Å². The van der Waals surface area contributed by atoms with Gasteiger partial charge in [0.05, 0.1) is 43.0 Å². The quantitative estimate of drug-likeness (QED) is 0.418. The molecule has 36 heavy (non-hydrogen) atoms. The van der Waals surface area contributed by atoms with Gasteiger partial charge < -0.3 is 19.5 Å². The monoisotopic (exact) mass is 487 g/mol. The zero-order chi connectivity index (χ0) is 25.4. The molecule has 0 saturated carbocycles. The zero-order valence-electron chi connectivity index (χ0n) is 20.8. The highest BCUT2D eigenvalue weighted by Crippen LogP contribution is 2.36. The second kappa shape index (κ2) is 9.41. The Morgan fingerprint density at radius 1 is 1.06 bits per heavy atom. The van der Waals surface area contributed by atoms with Crippen molar-refractivity contribution in [2.75, 3.05) is 37.1 Å². The minimum absolute atomic E-state index is 0.167. The van der Waals surface area contributed by atoms with E-state index in [-0.39, 0.29) is 6.04 Å². The van der Waals surface area contributed by atoms with Gasteiger partial charge in [0.25, 0.3) is 0 Å². The fourth-order valence-electron chi connectivity index (χ4n) is 5.02. The van der Waals surface area contributed by atoms with Crippen molar-refractivity contribution in [1.82, 2.24) is 14.6 Å². The number of aromatic nitrogens is 3. The van der Waals surface area contributed by atoms with Crippen LogP contribution in [0.3, 0.4) is 0 Å². The van der Waals surface area contributed by atoms with E-state index < -0.39 is 6.09 Å². The molecule has 1 saturated heterocycles. The highest BCUT2D eigenvalue weighted by Gasteiger charge is 2.33. The highest BCUT2D eigenvalue weighted by molar-refractivity contribution is 5.87. The smallest absolute Gasteiger partial charge is 0.412 e. The van der Waals surface area contributed by atoms with Crippen molar-refractivity contribution < 1.29 is 19.4 Å². The molecule has 0 aliphatic carbocycles. The summed E-state index contributed by atoms with van der Waals surface area (Å²) in [6.45, 7) is 5.21. The molecule has 2 aromatic carbocycles. The first-order valence-electron chi connectivity index (χ1n) is 11.8. The first kappa shape index (κ1) is 23.5. The molecule has 1 aliphatic rings. The summed E-state index contributed by atoms with van der Waals surface area (Å²) in [4.78, 5) is 20.7. The molecule has 1 N–H and O–H groups in total. The second-order valence-electron chi connectivity index (χ2n) is 8.90. The third-order valence-electron chi connectivity index (χ3n) is 6.63. The molecule has 9 nitrogen and oxygen atoms in total. The van der Waals surface area contributed by atoms with Gasteiger partial charge in [0.2, 0.25) is 0 Å². The minimum Gasteiger partial charge on any atom is -0.493 e. The van der Waals surface area contributed by atoms with Crippen LogP contribution in [0.1, 0.15) is 17.8 Å². The van der Waals surface area contributed by atoms with E-state index in [4.69, 9.17) is 19.6 Å². The lowest BCUT2D eigenvalue weighted by Gasteiger charge is -2.27. The van der Waals surface area contributed by atoms with Crippen LogP contribution in [0.5, 0.6) is 11.5 Å². The molecule has 186 valence electrons. The zero-order valence-corrected chi connectivity index (χ0v) is 20.8. The van der Waals surface area contributed by atoms with Crippen molar-refractivity contribution in [2.45, 2.75) is 26.3 Å². The molecule has 2 aromatic heterocycles. The van der Waals surface area contributed by atoms with Crippen molar-refractivity contribution >= 4 is 23.1 Å². The lowest BCUT2D eigenvalue weighted by atomic mass is 10.1. The van der Waals surface area contributed by atoms with Gasteiger partial charge in [-0.15, -0.1) is 0 Å². The van der Waals surface area contributed by atoms with E-state index in [0.29, 0.717) is 23.7 Å². The Labute approximate surface area is 209 Å². The van der Waals surface area contributed by atoms with Gasteiger partial charge >= 0.3 is 6.09 Å². The molecular formula is C27H29N5O4. The number of benzene rings is 2. The molecule has 1 atom stereocenters. The molecule has 0 spiro atoms. The molecule has 1 fully saturated rings. The Morgan fingerprint density at radius 3 is 2.50 bits per heavy atom. The first-order valence-corrected chi connectivity index (χ1v) is 11.8. The lowest BCUT2D eigenvalue weighted by Crippen LogP contribution is -2.41. The number of aryl methyl sites for hydroxylation is 2. The number of hydrogen-bond acceptors (Lipinski definition) is 6. The third kappa shape index (κ3) is 4.06. The van der Waals surface area contributed by atoms with Crippen LogP contribution in [0, 0.1) is 13.8 Å². The summed E-state index contributed by atoms with van der Waals surface area (Å²) in [6, 6.07) is 16.9. The van der Waals surface area contributed by atoms with Gasteiger partial charge in [-0.1, -0.05) is 18.2 Å². The molecule has 9 heteroatoms. The predicted molar refractivity (Wildman–Crippen MR) is 139 cm³/mol. The van der Waals surface area contributed by atoms with Crippen LogP contribution in [0.15, 0.2) is 54.6 Å². The van der Waals surface area contributed by atoms with Crippen molar-refractivity contribution in [1.29, 1.82) is 0 Å². The number of carboxylic acid groups (broad SMARTS) is 1. The summed E-state index contributed by atoms with van der Waals surface area (Å²) >= 11 is 0. The second-order valence-corrected chi connectivity index (χ2v) is 8.90.